The molecule has 0 saturated carbocycles. The second kappa shape index (κ2) is 6.36. The van der Waals surface area contributed by atoms with E-state index in [1.807, 2.05) is 62.4 Å². The van der Waals surface area contributed by atoms with Gasteiger partial charge >= 0.3 is 5.91 Å². The minimum absolute atomic E-state index is 0.0290. The zero-order chi connectivity index (χ0) is 18.1. The molecule has 0 atom stereocenters. The van der Waals surface area contributed by atoms with E-state index in [0.717, 1.165) is 27.7 Å². The highest BCUT2D eigenvalue weighted by atomic mass is 16.2. The Kier molecular flexibility index (Phi) is 3.89. The van der Waals surface area contributed by atoms with Crippen LogP contribution in [-0.4, -0.2) is 31.7 Å². The fourth-order valence-electron chi connectivity index (χ4n) is 2.84. The molecule has 26 heavy (non-hydrogen) atoms. The lowest BCUT2D eigenvalue weighted by molar-refractivity contribution is 0.0945. The maximum atomic E-state index is 12.3. The molecule has 7 nitrogen and oxygen atoms in total. The van der Waals surface area contributed by atoms with Crippen molar-refractivity contribution in [3.63, 3.8) is 0 Å². The van der Waals surface area contributed by atoms with Crippen molar-refractivity contribution in [2.45, 2.75) is 13.8 Å². The molecule has 0 saturated heterocycles. The SMILES string of the molecule is Cc1cc(C)n2nc(C(=O)N/N=C\c3cccc4ccccc34)nc2n1. The first-order chi connectivity index (χ1) is 12.6. The van der Waals surface area contributed by atoms with Crippen LogP contribution in [0.15, 0.2) is 53.6 Å². The molecule has 0 aliphatic rings. The molecule has 2 aromatic carbocycles. The molecule has 0 aliphatic carbocycles. The van der Waals surface area contributed by atoms with Crippen LogP contribution in [0, 0.1) is 13.8 Å². The molecule has 128 valence electrons. The van der Waals surface area contributed by atoms with Crippen LogP contribution >= 0.6 is 0 Å². The van der Waals surface area contributed by atoms with E-state index in [1.54, 1.807) is 6.21 Å². The monoisotopic (exact) mass is 344 g/mol. The number of aryl methyl sites for hydroxylation is 2. The van der Waals surface area contributed by atoms with Gasteiger partial charge in [0.2, 0.25) is 5.82 Å². The van der Waals surface area contributed by atoms with Crippen LogP contribution in [-0.2, 0) is 0 Å². The van der Waals surface area contributed by atoms with E-state index < -0.39 is 5.91 Å². The molecule has 1 amide bonds. The molecule has 4 rings (SSSR count). The van der Waals surface area contributed by atoms with Crippen LogP contribution in [0.25, 0.3) is 16.6 Å². The number of carbonyl (C=O) groups excluding carboxylic acids is 1. The van der Waals surface area contributed by atoms with Crippen molar-refractivity contribution in [2.24, 2.45) is 5.10 Å². The Morgan fingerprint density at radius 1 is 1.12 bits per heavy atom. The van der Waals surface area contributed by atoms with Gasteiger partial charge in [0.05, 0.1) is 6.21 Å². The third kappa shape index (κ3) is 2.90. The van der Waals surface area contributed by atoms with Crippen molar-refractivity contribution in [1.29, 1.82) is 0 Å². The van der Waals surface area contributed by atoms with E-state index in [-0.39, 0.29) is 5.82 Å². The summed E-state index contributed by atoms with van der Waals surface area (Å²) in [6, 6.07) is 15.8. The number of carbonyl (C=O) groups is 1. The molecule has 0 unspecified atom stereocenters. The Balaban J connectivity index is 1.57. The summed E-state index contributed by atoms with van der Waals surface area (Å²) in [5.74, 6) is -0.0593. The van der Waals surface area contributed by atoms with Gasteiger partial charge in [-0.2, -0.15) is 10.1 Å². The average Bonchev–Trinajstić information content (AvgIpc) is 3.06. The normalized spacial score (nSPS) is 11.5. The zero-order valence-electron chi connectivity index (χ0n) is 14.3. The fraction of sp³-hybridized carbons (Fsp3) is 0.105. The highest BCUT2D eigenvalue weighted by molar-refractivity contribution is 6.00. The molecular formula is C19H16N6O. The van der Waals surface area contributed by atoms with Crippen LogP contribution in [0.5, 0.6) is 0 Å². The molecular weight excluding hydrogens is 328 g/mol. The molecule has 2 heterocycles. The lowest BCUT2D eigenvalue weighted by atomic mass is 10.1. The third-order valence-corrected chi connectivity index (χ3v) is 4.01. The Morgan fingerprint density at radius 2 is 1.92 bits per heavy atom. The van der Waals surface area contributed by atoms with Gasteiger partial charge < -0.3 is 0 Å². The number of rotatable bonds is 3. The average molecular weight is 344 g/mol. The first kappa shape index (κ1) is 15.9. The molecule has 0 fully saturated rings. The zero-order valence-corrected chi connectivity index (χ0v) is 14.3. The van der Waals surface area contributed by atoms with E-state index in [2.05, 4.69) is 25.6 Å². The van der Waals surface area contributed by atoms with Gasteiger partial charge in [-0.05, 0) is 30.7 Å². The standard InChI is InChI=1S/C19H16N6O/c1-12-10-13(2)25-19(21-12)22-17(24-25)18(26)23-20-11-15-8-5-7-14-6-3-4-9-16(14)15/h3-11H,1-2H3,(H,23,26)/b20-11-. The van der Waals surface area contributed by atoms with Crippen molar-refractivity contribution in [3.05, 3.63) is 71.3 Å². The largest absolute Gasteiger partial charge is 0.311 e. The smallest absolute Gasteiger partial charge is 0.264 e. The number of fused-ring (bicyclic) bond motifs is 2. The number of nitrogens with zero attached hydrogens (tertiary/aromatic N) is 5. The Bertz CT molecular complexity index is 1160. The molecule has 7 heteroatoms. The fourth-order valence-corrected chi connectivity index (χ4v) is 2.84. The van der Waals surface area contributed by atoms with Gasteiger partial charge in [0.15, 0.2) is 0 Å². The summed E-state index contributed by atoms with van der Waals surface area (Å²) in [7, 11) is 0. The second-order valence-electron chi connectivity index (χ2n) is 5.95. The molecule has 0 bridgehead atoms. The van der Waals surface area contributed by atoms with Gasteiger partial charge in [0.25, 0.3) is 5.78 Å². The molecule has 0 spiro atoms. The number of hydrogen-bond donors (Lipinski definition) is 1. The third-order valence-electron chi connectivity index (χ3n) is 4.01. The molecule has 0 aliphatic heterocycles. The summed E-state index contributed by atoms with van der Waals surface area (Å²) < 4.78 is 1.54. The Labute approximate surface area is 149 Å². The number of aromatic nitrogens is 4. The Morgan fingerprint density at radius 3 is 2.81 bits per heavy atom. The van der Waals surface area contributed by atoms with Crippen LogP contribution < -0.4 is 5.43 Å². The van der Waals surface area contributed by atoms with Gasteiger partial charge in [-0.25, -0.2) is 14.9 Å². The maximum absolute atomic E-state index is 12.3. The number of hydrazone groups is 1. The van der Waals surface area contributed by atoms with Gasteiger partial charge in [0.1, 0.15) is 0 Å². The van der Waals surface area contributed by atoms with Crippen molar-refractivity contribution < 1.29 is 4.79 Å². The number of benzene rings is 2. The van der Waals surface area contributed by atoms with Crippen LogP contribution in [0.1, 0.15) is 27.6 Å². The summed E-state index contributed by atoms with van der Waals surface area (Å²) in [5, 5.41) is 10.4. The van der Waals surface area contributed by atoms with Gasteiger partial charge in [-0.3, -0.25) is 4.79 Å². The van der Waals surface area contributed by atoms with Gasteiger partial charge in [-0.1, -0.05) is 42.5 Å². The molecule has 0 radical (unpaired) electrons. The number of nitrogens with one attached hydrogen (secondary N) is 1. The van der Waals surface area contributed by atoms with E-state index in [9.17, 15) is 4.79 Å². The summed E-state index contributed by atoms with van der Waals surface area (Å²) in [4.78, 5) is 20.7. The number of amides is 1. The Hall–Kier alpha value is -3.61. The molecule has 1 N–H and O–H groups in total. The lowest BCUT2D eigenvalue weighted by Gasteiger charge is -2.01. The summed E-state index contributed by atoms with van der Waals surface area (Å²) in [5.41, 5.74) is 5.07. The maximum Gasteiger partial charge on any atom is 0.311 e. The minimum Gasteiger partial charge on any atom is -0.264 e. The first-order valence-electron chi connectivity index (χ1n) is 8.14. The minimum atomic E-state index is -0.482. The van der Waals surface area contributed by atoms with E-state index in [4.69, 9.17) is 0 Å². The molecule has 2 aromatic heterocycles. The summed E-state index contributed by atoms with van der Waals surface area (Å²) >= 11 is 0. The van der Waals surface area contributed by atoms with Crippen LogP contribution in [0.4, 0.5) is 0 Å². The van der Waals surface area contributed by atoms with Gasteiger partial charge in [-0.15, -0.1) is 5.10 Å². The van der Waals surface area contributed by atoms with Crippen molar-refractivity contribution in [1.82, 2.24) is 25.0 Å². The van der Waals surface area contributed by atoms with Crippen molar-refractivity contribution >= 4 is 28.7 Å². The summed E-state index contributed by atoms with van der Waals surface area (Å²) in [6.45, 7) is 3.76. The highest BCUT2D eigenvalue weighted by Gasteiger charge is 2.14. The van der Waals surface area contributed by atoms with E-state index in [0.29, 0.717) is 5.78 Å². The predicted octanol–water partition coefficient (Wildman–Crippen LogP) is 2.66. The van der Waals surface area contributed by atoms with Gasteiger partial charge in [0, 0.05) is 17.0 Å². The number of hydrogen-bond acceptors (Lipinski definition) is 5. The van der Waals surface area contributed by atoms with Crippen molar-refractivity contribution in [3.8, 4) is 0 Å². The quantitative estimate of drug-likeness (QED) is 0.457. The topological polar surface area (TPSA) is 84.5 Å². The lowest BCUT2D eigenvalue weighted by Crippen LogP contribution is -2.19. The second-order valence-corrected chi connectivity index (χ2v) is 5.95. The van der Waals surface area contributed by atoms with E-state index >= 15 is 0 Å². The molecule has 4 aromatic rings. The van der Waals surface area contributed by atoms with Crippen LogP contribution in [0.3, 0.4) is 0 Å². The van der Waals surface area contributed by atoms with Crippen molar-refractivity contribution in [2.75, 3.05) is 0 Å². The predicted molar refractivity (Wildman–Crippen MR) is 99.3 cm³/mol. The first-order valence-corrected chi connectivity index (χ1v) is 8.14. The van der Waals surface area contributed by atoms with Crippen LogP contribution in [0.2, 0.25) is 0 Å². The van der Waals surface area contributed by atoms with E-state index in [1.165, 1.54) is 4.52 Å². The summed E-state index contributed by atoms with van der Waals surface area (Å²) in [6.07, 6.45) is 1.61. The highest BCUT2D eigenvalue weighted by Crippen LogP contribution is 2.16.